The van der Waals surface area contributed by atoms with Gasteiger partial charge in [-0.3, -0.25) is 4.79 Å². The molecule has 1 N–H and O–H groups in total. The number of anilines is 1. The van der Waals surface area contributed by atoms with Crippen molar-refractivity contribution < 1.29 is 18.7 Å². The van der Waals surface area contributed by atoms with E-state index in [0.717, 1.165) is 5.56 Å². The van der Waals surface area contributed by atoms with E-state index >= 15 is 0 Å². The van der Waals surface area contributed by atoms with Crippen molar-refractivity contribution in [1.29, 1.82) is 0 Å². The molecule has 0 spiro atoms. The monoisotopic (exact) mass is 342 g/mol. The summed E-state index contributed by atoms with van der Waals surface area (Å²) in [4.78, 5) is 25.6. The number of hydrogen-bond donors (Lipinski definition) is 1. The molecule has 0 bridgehead atoms. The fourth-order valence-corrected chi connectivity index (χ4v) is 2.84. The Morgan fingerprint density at radius 1 is 1.24 bits per heavy atom. The van der Waals surface area contributed by atoms with Crippen molar-refractivity contribution in [2.75, 3.05) is 19.0 Å². The highest BCUT2D eigenvalue weighted by Gasteiger charge is 2.31. The molecule has 2 aromatic carbocycles. The first-order chi connectivity index (χ1) is 12.0. The lowest BCUT2D eigenvalue weighted by Crippen LogP contribution is -2.24. The fourth-order valence-electron chi connectivity index (χ4n) is 2.84. The maximum absolute atomic E-state index is 13.9. The highest BCUT2D eigenvalue weighted by molar-refractivity contribution is 5.94. The summed E-state index contributed by atoms with van der Waals surface area (Å²) in [5.41, 5.74) is 2.38. The van der Waals surface area contributed by atoms with E-state index in [1.165, 1.54) is 6.07 Å². The van der Waals surface area contributed by atoms with Crippen LogP contribution in [0.3, 0.4) is 0 Å². The van der Waals surface area contributed by atoms with E-state index in [1.54, 1.807) is 55.4 Å². The maximum Gasteiger partial charge on any atom is 0.339 e. The van der Waals surface area contributed by atoms with Crippen LogP contribution in [0, 0.1) is 5.82 Å². The number of rotatable bonds is 5. The molecule has 2 aromatic rings. The van der Waals surface area contributed by atoms with E-state index in [1.807, 2.05) is 0 Å². The van der Waals surface area contributed by atoms with Gasteiger partial charge < -0.3 is 15.0 Å². The number of fused-ring (bicyclic) bond motifs is 1. The summed E-state index contributed by atoms with van der Waals surface area (Å²) in [6.07, 6.45) is -0.530. The quantitative estimate of drug-likeness (QED) is 0.849. The van der Waals surface area contributed by atoms with Gasteiger partial charge >= 0.3 is 5.97 Å². The Labute approximate surface area is 145 Å². The molecular formula is C19H19FN2O3. The Morgan fingerprint density at radius 2 is 2.00 bits per heavy atom. The van der Waals surface area contributed by atoms with Crippen LogP contribution in [0.1, 0.15) is 34.0 Å². The summed E-state index contributed by atoms with van der Waals surface area (Å²) < 4.78 is 19.2. The number of nitrogens with zero attached hydrogens (tertiary/aromatic N) is 1. The van der Waals surface area contributed by atoms with Gasteiger partial charge in [-0.2, -0.15) is 0 Å². The van der Waals surface area contributed by atoms with Crippen LogP contribution in [0.15, 0.2) is 42.5 Å². The molecule has 1 heterocycles. The highest BCUT2D eigenvalue weighted by Crippen LogP contribution is 2.32. The zero-order chi connectivity index (χ0) is 18.0. The molecule has 3 rings (SSSR count). The zero-order valence-electron chi connectivity index (χ0n) is 14.1. The summed E-state index contributed by atoms with van der Waals surface area (Å²) in [6, 6.07) is 11.9. The minimum atomic E-state index is -0.573. The molecule has 1 atom stereocenters. The average molecular weight is 342 g/mol. The summed E-state index contributed by atoms with van der Waals surface area (Å²) in [6.45, 7) is 0.214. The number of ether oxygens (including phenoxy) is 1. The van der Waals surface area contributed by atoms with Crippen molar-refractivity contribution in [3.63, 3.8) is 0 Å². The molecule has 1 aliphatic rings. The van der Waals surface area contributed by atoms with Crippen LogP contribution in [0.5, 0.6) is 0 Å². The summed E-state index contributed by atoms with van der Waals surface area (Å²) >= 11 is 0. The van der Waals surface area contributed by atoms with Crippen LogP contribution in [0.4, 0.5) is 10.1 Å². The lowest BCUT2D eigenvalue weighted by atomic mass is 10.0. The van der Waals surface area contributed by atoms with Crippen LogP contribution in [0.25, 0.3) is 0 Å². The zero-order valence-corrected chi connectivity index (χ0v) is 14.1. The van der Waals surface area contributed by atoms with E-state index in [-0.39, 0.29) is 24.7 Å². The molecule has 0 saturated carbocycles. The number of hydrogen-bond acceptors (Lipinski definition) is 4. The van der Waals surface area contributed by atoms with Crippen molar-refractivity contribution in [3.05, 3.63) is 65.0 Å². The standard InChI is InChI=1S/C19H19FN2O3/c1-22(2)16-8-7-12(9-15(16)20)11-21-18(23)10-17-13-5-3-4-6-14(13)19(24)25-17/h3-9,17H,10-11H2,1-2H3,(H,21,23). The summed E-state index contributed by atoms with van der Waals surface area (Å²) in [5.74, 6) is -1.00. The second-order valence-electron chi connectivity index (χ2n) is 6.14. The third-order valence-electron chi connectivity index (χ3n) is 4.13. The third kappa shape index (κ3) is 3.63. The predicted octanol–water partition coefficient (Wildman–Crippen LogP) is 2.81. The molecule has 0 aromatic heterocycles. The van der Waals surface area contributed by atoms with Crippen LogP contribution >= 0.6 is 0 Å². The average Bonchev–Trinajstić information content (AvgIpc) is 2.89. The number of halogens is 1. The van der Waals surface area contributed by atoms with Crippen LogP contribution in [-0.2, 0) is 16.1 Å². The van der Waals surface area contributed by atoms with Gasteiger partial charge in [0.25, 0.3) is 0 Å². The first-order valence-electron chi connectivity index (χ1n) is 7.98. The minimum Gasteiger partial charge on any atom is -0.453 e. The number of carbonyl (C=O) groups is 2. The Hall–Kier alpha value is -2.89. The van der Waals surface area contributed by atoms with Gasteiger partial charge in [-0.15, -0.1) is 0 Å². The second-order valence-corrected chi connectivity index (χ2v) is 6.14. The molecule has 0 aliphatic carbocycles. The molecule has 0 saturated heterocycles. The maximum atomic E-state index is 13.9. The van der Waals surface area contributed by atoms with Gasteiger partial charge in [0.2, 0.25) is 5.91 Å². The van der Waals surface area contributed by atoms with Gasteiger partial charge in [-0.25, -0.2) is 9.18 Å². The largest absolute Gasteiger partial charge is 0.453 e. The van der Waals surface area contributed by atoms with Gasteiger partial charge in [-0.1, -0.05) is 24.3 Å². The number of amides is 1. The molecule has 5 nitrogen and oxygen atoms in total. The predicted molar refractivity (Wildman–Crippen MR) is 91.8 cm³/mol. The second kappa shape index (κ2) is 6.93. The highest BCUT2D eigenvalue weighted by atomic mass is 19.1. The van der Waals surface area contributed by atoms with Crippen LogP contribution < -0.4 is 10.2 Å². The van der Waals surface area contributed by atoms with E-state index in [0.29, 0.717) is 16.8 Å². The number of cyclic esters (lactones) is 1. The fraction of sp³-hybridized carbons (Fsp3) is 0.263. The molecule has 130 valence electrons. The number of benzene rings is 2. The Morgan fingerprint density at radius 3 is 2.72 bits per heavy atom. The van der Waals surface area contributed by atoms with Gasteiger partial charge in [0.15, 0.2) is 0 Å². The van der Waals surface area contributed by atoms with Crippen molar-refractivity contribution in [3.8, 4) is 0 Å². The van der Waals surface area contributed by atoms with E-state index in [2.05, 4.69) is 5.32 Å². The molecular weight excluding hydrogens is 323 g/mol. The molecule has 1 aliphatic heterocycles. The van der Waals surface area contributed by atoms with Crippen molar-refractivity contribution in [1.82, 2.24) is 5.32 Å². The smallest absolute Gasteiger partial charge is 0.339 e. The molecule has 6 heteroatoms. The normalized spacial score (nSPS) is 15.5. The number of esters is 1. The topological polar surface area (TPSA) is 58.6 Å². The van der Waals surface area contributed by atoms with E-state index in [4.69, 9.17) is 4.74 Å². The SMILES string of the molecule is CN(C)c1ccc(CNC(=O)CC2OC(=O)c3ccccc32)cc1F. The van der Waals surface area contributed by atoms with Gasteiger partial charge in [-0.05, 0) is 23.8 Å². The third-order valence-corrected chi connectivity index (χ3v) is 4.13. The first-order valence-corrected chi connectivity index (χ1v) is 7.98. The Kier molecular flexibility index (Phi) is 4.70. The lowest BCUT2D eigenvalue weighted by Gasteiger charge is -2.15. The number of nitrogens with one attached hydrogen (secondary N) is 1. The summed E-state index contributed by atoms with van der Waals surface area (Å²) in [7, 11) is 3.53. The van der Waals surface area contributed by atoms with E-state index < -0.39 is 12.1 Å². The molecule has 1 amide bonds. The van der Waals surface area contributed by atoms with Crippen molar-refractivity contribution >= 4 is 17.6 Å². The van der Waals surface area contributed by atoms with Gasteiger partial charge in [0.05, 0.1) is 17.7 Å². The number of carbonyl (C=O) groups excluding carboxylic acids is 2. The summed E-state index contributed by atoms with van der Waals surface area (Å²) in [5, 5.41) is 2.74. The van der Waals surface area contributed by atoms with Crippen molar-refractivity contribution in [2.24, 2.45) is 0 Å². The van der Waals surface area contributed by atoms with Crippen LogP contribution in [-0.4, -0.2) is 26.0 Å². The van der Waals surface area contributed by atoms with Crippen LogP contribution in [0.2, 0.25) is 0 Å². The van der Waals surface area contributed by atoms with Crippen molar-refractivity contribution in [2.45, 2.75) is 19.1 Å². The molecule has 25 heavy (non-hydrogen) atoms. The Balaban J connectivity index is 1.59. The van der Waals surface area contributed by atoms with E-state index in [9.17, 15) is 14.0 Å². The molecule has 0 fully saturated rings. The van der Waals surface area contributed by atoms with Gasteiger partial charge in [0, 0.05) is 26.2 Å². The minimum absolute atomic E-state index is 0.0427. The first kappa shape index (κ1) is 17.0. The molecule has 1 unspecified atom stereocenters. The Bertz CT molecular complexity index is 820. The molecule has 0 radical (unpaired) electrons. The van der Waals surface area contributed by atoms with Gasteiger partial charge in [0.1, 0.15) is 11.9 Å². The lowest BCUT2D eigenvalue weighted by molar-refractivity contribution is -0.123.